The summed E-state index contributed by atoms with van der Waals surface area (Å²) in [5, 5.41) is 3.32. The van der Waals surface area contributed by atoms with E-state index in [9.17, 15) is 8.42 Å². The molecular formula is C11H25N3O2S. The SMILES string of the molecule is CCN(CC)S(=O)(=O)NCC1CCNCC1C. The molecule has 1 rings (SSSR count). The maximum Gasteiger partial charge on any atom is 0.279 e. The second kappa shape index (κ2) is 6.68. The van der Waals surface area contributed by atoms with Gasteiger partial charge in [-0.3, -0.25) is 0 Å². The van der Waals surface area contributed by atoms with Crippen molar-refractivity contribution in [2.45, 2.75) is 27.2 Å². The molecule has 17 heavy (non-hydrogen) atoms. The Morgan fingerprint density at radius 1 is 1.35 bits per heavy atom. The zero-order valence-electron chi connectivity index (χ0n) is 11.1. The fourth-order valence-electron chi connectivity index (χ4n) is 2.24. The standard InChI is InChI=1S/C11H25N3O2S/c1-4-14(5-2)17(15,16)13-9-11-6-7-12-8-10(11)3/h10-13H,4-9H2,1-3H3. The van der Waals surface area contributed by atoms with Gasteiger partial charge in [0.05, 0.1) is 0 Å². The molecule has 1 fully saturated rings. The number of rotatable bonds is 6. The highest BCUT2D eigenvalue weighted by molar-refractivity contribution is 7.87. The molecule has 0 spiro atoms. The van der Waals surface area contributed by atoms with Crippen LogP contribution in [0.5, 0.6) is 0 Å². The number of piperidine rings is 1. The third-order valence-corrected chi connectivity index (χ3v) is 5.26. The Labute approximate surface area is 105 Å². The molecule has 2 unspecified atom stereocenters. The van der Waals surface area contributed by atoms with Crippen molar-refractivity contribution < 1.29 is 8.42 Å². The van der Waals surface area contributed by atoms with Gasteiger partial charge in [-0.25, -0.2) is 4.72 Å². The van der Waals surface area contributed by atoms with Gasteiger partial charge in [0.25, 0.3) is 10.2 Å². The van der Waals surface area contributed by atoms with Crippen molar-refractivity contribution in [3.8, 4) is 0 Å². The summed E-state index contributed by atoms with van der Waals surface area (Å²) >= 11 is 0. The summed E-state index contributed by atoms with van der Waals surface area (Å²) in [4.78, 5) is 0. The maximum absolute atomic E-state index is 11.9. The fourth-order valence-corrected chi connectivity index (χ4v) is 3.53. The molecule has 1 aliphatic rings. The smallest absolute Gasteiger partial charge is 0.279 e. The van der Waals surface area contributed by atoms with Crippen molar-refractivity contribution in [3.05, 3.63) is 0 Å². The summed E-state index contributed by atoms with van der Waals surface area (Å²) in [6, 6.07) is 0. The molecule has 2 atom stereocenters. The predicted octanol–water partition coefficient (Wildman–Crippen LogP) is 0.408. The Kier molecular flexibility index (Phi) is 5.85. The van der Waals surface area contributed by atoms with E-state index in [4.69, 9.17) is 0 Å². The van der Waals surface area contributed by atoms with Gasteiger partial charge in [-0.15, -0.1) is 0 Å². The van der Waals surface area contributed by atoms with Crippen molar-refractivity contribution in [3.63, 3.8) is 0 Å². The minimum atomic E-state index is -3.28. The van der Waals surface area contributed by atoms with Crippen LogP contribution in [0.4, 0.5) is 0 Å². The van der Waals surface area contributed by atoms with Gasteiger partial charge in [-0.05, 0) is 31.3 Å². The molecule has 0 saturated carbocycles. The van der Waals surface area contributed by atoms with Crippen LogP contribution >= 0.6 is 0 Å². The monoisotopic (exact) mass is 263 g/mol. The van der Waals surface area contributed by atoms with Gasteiger partial charge in [0.2, 0.25) is 0 Å². The van der Waals surface area contributed by atoms with Gasteiger partial charge in [0.1, 0.15) is 0 Å². The second-order valence-electron chi connectivity index (χ2n) is 4.67. The minimum absolute atomic E-state index is 0.446. The normalized spacial score (nSPS) is 26.4. The topological polar surface area (TPSA) is 61.4 Å². The van der Waals surface area contributed by atoms with Crippen LogP contribution in [0.25, 0.3) is 0 Å². The molecule has 5 nitrogen and oxygen atoms in total. The molecule has 0 aliphatic carbocycles. The number of hydrogen-bond acceptors (Lipinski definition) is 3. The maximum atomic E-state index is 11.9. The second-order valence-corrected chi connectivity index (χ2v) is 6.42. The summed E-state index contributed by atoms with van der Waals surface area (Å²) in [5.41, 5.74) is 0. The number of nitrogens with one attached hydrogen (secondary N) is 2. The molecule has 1 heterocycles. The summed E-state index contributed by atoms with van der Waals surface area (Å²) in [6.45, 7) is 9.46. The quantitative estimate of drug-likeness (QED) is 0.729. The molecule has 0 aromatic carbocycles. The van der Waals surface area contributed by atoms with Crippen LogP contribution in [0, 0.1) is 11.8 Å². The molecule has 0 aromatic heterocycles. The van der Waals surface area contributed by atoms with E-state index in [0.29, 0.717) is 31.5 Å². The predicted molar refractivity (Wildman–Crippen MR) is 70.0 cm³/mol. The first-order chi connectivity index (χ1) is 8.01. The van der Waals surface area contributed by atoms with Gasteiger partial charge < -0.3 is 5.32 Å². The first-order valence-corrected chi connectivity index (χ1v) is 7.90. The highest BCUT2D eigenvalue weighted by Gasteiger charge is 2.24. The van der Waals surface area contributed by atoms with Crippen LogP contribution in [-0.4, -0.2) is 45.4 Å². The van der Waals surface area contributed by atoms with Crippen LogP contribution in [0.3, 0.4) is 0 Å². The molecule has 0 amide bonds. The molecule has 6 heteroatoms. The molecule has 0 radical (unpaired) electrons. The first-order valence-electron chi connectivity index (χ1n) is 6.46. The van der Waals surface area contributed by atoms with Gasteiger partial charge in [0.15, 0.2) is 0 Å². The zero-order valence-corrected chi connectivity index (χ0v) is 11.9. The average molecular weight is 263 g/mol. The van der Waals surface area contributed by atoms with E-state index in [0.717, 1.165) is 19.5 Å². The van der Waals surface area contributed by atoms with Crippen molar-refractivity contribution in [2.24, 2.45) is 11.8 Å². The van der Waals surface area contributed by atoms with E-state index in [1.54, 1.807) is 0 Å². The molecule has 102 valence electrons. The molecular weight excluding hydrogens is 238 g/mol. The number of nitrogens with zero attached hydrogens (tertiary/aromatic N) is 1. The Bertz CT molecular complexity index is 315. The fraction of sp³-hybridized carbons (Fsp3) is 1.00. The van der Waals surface area contributed by atoms with Crippen LogP contribution in [0.1, 0.15) is 27.2 Å². The minimum Gasteiger partial charge on any atom is -0.316 e. The van der Waals surface area contributed by atoms with Crippen LogP contribution in [-0.2, 0) is 10.2 Å². The molecule has 2 N–H and O–H groups in total. The summed E-state index contributed by atoms with van der Waals surface area (Å²) in [7, 11) is -3.28. The van der Waals surface area contributed by atoms with E-state index in [1.165, 1.54) is 4.31 Å². The summed E-state index contributed by atoms with van der Waals surface area (Å²) in [5.74, 6) is 0.977. The first kappa shape index (κ1) is 14.9. The number of hydrogen-bond donors (Lipinski definition) is 2. The van der Waals surface area contributed by atoms with Gasteiger partial charge in [-0.1, -0.05) is 20.8 Å². The Morgan fingerprint density at radius 2 is 2.00 bits per heavy atom. The summed E-state index contributed by atoms with van der Waals surface area (Å²) in [6.07, 6.45) is 1.04. The van der Waals surface area contributed by atoms with Crippen LogP contribution < -0.4 is 10.0 Å². The van der Waals surface area contributed by atoms with Crippen molar-refractivity contribution in [1.82, 2.24) is 14.3 Å². The zero-order chi connectivity index (χ0) is 12.9. The van der Waals surface area contributed by atoms with Crippen molar-refractivity contribution in [1.29, 1.82) is 0 Å². The molecule has 1 aliphatic heterocycles. The van der Waals surface area contributed by atoms with E-state index in [1.807, 2.05) is 13.8 Å². The van der Waals surface area contributed by atoms with E-state index < -0.39 is 10.2 Å². The lowest BCUT2D eigenvalue weighted by molar-refractivity contribution is 0.272. The van der Waals surface area contributed by atoms with Gasteiger partial charge in [-0.2, -0.15) is 12.7 Å². The van der Waals surface area contributed by atoms with Crippen molar-refractivity contribution in [2.75, 3.05) is 32.7 Å². The summed E-state index contributed by atoms with van der Waals surface area (Å²) < 4.78 is 28.1. The van der Waals surface area contributed by atoms with Crippen LogP contribution in [0.15, 0.2) is 0 Å². The van der Waals surface area contributed by atoms with Gasteiger partial charge in [0, 0.05) is 19.6 Å². The van der Waals surface area contributed by atoms with Crippen molar-refractivity contribution >= 4 is 10.2 Å². The third kappa shape index (κ3) is 4.21. The molecule has 0 aromatic rings. The van der Waals surface area contributed by atoms with E-state index >= 15 is 0 Å². The molecule has 1 saturated heterocycles. The lowest BCUT2D eigenvalue weighted by Gasteiger charge is -2.30. The van der Waals surface area contributed by atoms with Crippen LogP contribution in [0.2, 0.25) is 0 Å². The largest absolute Gasteiger partial charge is 0.316 e. The lowest BCUT2D eigenvalue weighted by atomic mass is 9.88. The van der Waals surface area contributed by atoms with E-state index in [-0.39, 0.29) is 0 Å². The Hall–Kier alpha value is -0.170. The Morgan fingerprint density at radius 3 is 2.53 bits per heavy atom. The highest BCUT2D eigenvalue weighted by Crippen LogP contribution is 2.17. The Balaban J connectivity index is 2.48. The van der Waals surface area contributed by atoms with E-state index in [2.05, 4.69) is 17.0 Å². The highest BCUT2D eigenvalue weighted by atomic mass is 32.2. The van der Waals surface area contributed by atoms with Gasteiger partial charge >= 0.3 is 0 Å². The molecule has 0 bridgehead atoms. The third-order valence-electron chi connectivity index (χ3n) is 3.54. The lowest BCUT2D eigenvalue weighted by Crippen LogP contribution is -2.45. The average Bonchev–Trinajstić information content (AvgIpc) is 2.29.